The van der Waals surface area contributed by atoms with Gasteiger partial charge in [-0.1, -0.05) is 12.1 Å². The normalized spacial score (nSPS) is 16.4. The molecule has 3 rings (SSSR count). The van der Waals surface area contributed by atoms with Crippen molar-refractivity contribution in [3.05, 3.63) is 52.4 Å². The SMILES string of the molecule is CCOc1ccc(CC(=O)NCC2CCN(c3cnn(C)c(=O)c3)C2)cc1. The lowest BCUT2D eigenvalue weighted by Crippen LogP contribution is -2.32. The number of ether oxygens (including phenoxy) is 1. The Morgan fingerprint density at radius 1 is 1.33 bits per heavy atom. The summed E-state index contributed by atoms with van der Waals surface area (Å²) in [7, 11) is 1.64. The van der Waals surface area contributed by atoms with Crippen LogP contribution in [0.2, 0.25) is 0 Å². The van der Waals surface area contributed by atoms with Gasteiger partial charge in [-0.15, -0.1) is 0 Å². The van der Waals surface area contributed by atoms with Gasteiger partial charge in [0, 0.05) is 32.7 Å². The fraction of sp³-hybridized carbons (Fsp3) is 0.450. The number of carbonyl (C=O) groups excluding carboxylic acids is 1. The maximum atomic E-state index is 12.2. The Balaban J connectivity index is 1.45. The van der Waals surface area contributed by atoms with Crippen LogP contribution < -0.4 is 20.5 Å². The van der Waals surface area contributed by atoms with E-state index >= 15 is 0 Å². The summed E-state index contributed by atoms with van der Waals surface area (Å²) in [4.78, 5) is 26.1. The molecule has 27 heavy (non-hydrogen) atoms. The van der Waals surface area contributed by atoms with Crippen molar-refractivity contribution < 1.29 is 9.53 Å². The molecule has 1 fully saturated rings. The Hall–Kier alpha value is -2.83. The van der Waals surface area contributed by atoms with Gasteiger partial charge in [0.2, 0.25) is 5.91 Å². The van der Waals surface area contributed by atoms with Crippen LogP contribution >= 0.6 is 0 Å². The average molecular weight is 370 g/mol. The highest BCUT2D eigenvalue weighted by Crippen LogP contribution is 2.21. The Morgan fingerprint density at radius 3 is 2.81 bits per heavy atom. The second-order valence-electron chi connectivity index (χ2n) is 6.83. The second-order valence-corrected chi connectivity index (χ2v) is 6.83. The number of nitrogens with zero attached hydrogens (tertiary/aromatic N) is 3. The fourth-order valence-electron chi connectivity index (χ4n) is 3.24. The molecule has 144 valence electrons. The molecule has 1 atom stereocenters. The zero-order valence-corrected chi connectivity index (χ0v) is 15.9. The number of carbonyl (C=O) groups is 1. The van der Waals surface area contributed by atoms with Crippen LogP contribution in [-0.2, 0) is 18.3 Å². The Morgan fingerprint density at radius 2 is 2.11 bits per heavy atom. The third-order valence-corrected chi connectivity index (χ3v) is 4.79. The molecule has 1 aromatic heterocycles. The van der Waals surface area contributed by atoms with Crippen LogP contribution in [0.4, 0.5) is 5.69 Å². The Labute approximate surface area is 158 Å². The lowest BCUT2D eigenvalue weighted by molar-refractivity contribution is -0.120. The number of nitrogens with one attached hydrogen (secondary N) is 1. The van der Waals surface area contributed by atoms with Crippen molar-refractivity contribution in [3.8, 4) is 5.75 Å². The van der Waals surface area contributed by atoms with Crippen molar-refractivity contribution in [2.45, 2.75) is 19.8 Å². The quantitative estimate of drug-likeness (QED) is 0.797. The summed E-state index contributed by atoms with van der Waals surface area (Å²) in [5.41, 5.74) is 1.70. The first-order valence-electron chi connectivity index (χ1n) is 9.32. The third-order valence-electron chi connectivity index (χ3n) is 4.79. The van der Waals surface area contributed by atoms with Gasteiger partial charge in [-0.25, -0.2) is 4.68 Å². The van der Waals surface area contributed by atoms with Gasteiger partial charge in [-0.05, 0) is 37.0 Å². The predicted octanol–water partition coefficient (Wildman–Crippen LogP) is 1.36. The molecule has 1 saturated heterocycles. The molecule has 2 heterocycles. The second kappa shape index (κ2) is 8.70. The molecule has 1 amide bonds. The number of hydrogen-bond acceptors (Lipinski definition) is 5. The minimum absolute atomic E-state index is 0.0212. The van der Waals surface area contributed by atoms with Gasteiger partial charge in [0.25, 0.3) is 5.56 Å². The maximum Gasteiger partial charge on any atom is 0.268 e. The van der Waals surface area contributed by atoms with Crippen molar-refractivity contribution in [2.24, 2.45) is 13.0 Å². The van der Waals surface area contributed by atoms with Crippen LogP contribution in [0.15, 0.2) is 41.3 Å². The monoisotopic (exact) mass is 370 g/mol. The molecule has 0 bridgehead atoms. The van der Waals surface area contributed by atoms with E-state index in [-0.39, 0.29) is 11.5 Å². The van der Waals surface area contributed by atoms with Crippen molar-refractivity contribution in [2.75, 3.05) is 31.1 Å². The van der Waals surface area contributed by atoms with Crippen molar-refractivity contribution in [1.82, 2.24) is 15.1 Å². The highest BCUT2D eigenvalue weighted by molar-refractivity contribution is 5.78. The van der Waals surface area contributed by atoms with Crippen LogP contribution in [0, 0.1) is 5.92 Å². The van der Waals surface area contributed by atoms with Gasteiger partial charge in [-0.3, -0.25) is 9.59 Å². The van der Waals surface area contributed by atoms with E-state index in [4.69, 9.17) is 4.74 Å². The molecule has 1 aromatic carbocycles. The summed E-state index contributed by atoms with van der Waals surface area (Å²) in [6.07, 6.45) is 3.06. The summed E-state index contributed by atoms with van der Waals surface area (Å²) in [5.74, 6) is 1.21. The zero-order chi connectivity index (χ0) is 19.2. The van der Waals surface area contributed by atoms with Crippen LogP contribution in [-0.4, -0.2) is 41.9 Å². The van der Waals surface area contributed by atoms with Crippen molar-refractivity contribution >= 4 is 11.6 Å². The van der Waals surface area contributed by atoms with Gasteiger partial charge >= 0.3 is 0 Å². The van der Waals surface area contributed by atoms with Gasteiger partial charge < -0.3 is 15.0 Å². The van der Waals surface area contributed by atoms with Crippen LogP contribution in [0.1, 0.15) is 18.9 Å². The van der Waals surface area contributed by atoms with Crippen LogP contribution in [0.25, 0.3) is 0 Å². The first-order valence-corrected chi connectivity index (χ1v) is 9.32. The van der Waals surface area contributed by atoms with Gasteiger partial charge in [0.15, 0.2) is 0 Å². The molecule has 0 aliphatic carbocycles. The summed E-state index contributed by atoms with van der Waals surface area (Å²) in [6, 6.07) is 9.23. The molecule has 7 heteroatoms. The smallest absolute Gasteiger partial charge is 0.268 e. The maximum absolute atomic E-state index is 12.2. The summed E-state index contributed by atoms with van der Waals surface area (Å²) in [6.45, 7) is 4.91. The predicted molar refractivity (Wildman–Crippen MR) is 104 cm³/mol. The van der Waals surface area contributed by atoms with E-state index in [2.05, 4.69) is 15.3 Å². The summed E-state index contributed by atoms with van der Waals surface area (Å²) < 4.78 is 6.73. The average Bonchev–Trinajstić information content (AvgIpc) is 3.13. The van der Waals surface area contributed by atoms with E-state index in [0.717, 1.165) is 36.5 Å². The number of aryl methyl sites for hydroxylation is 1. The Bertz CT molecular complexity index is 832. The summed E-state index contributed by atoms with van der Waals surface area (Å²) in [5, 5.41) is 7.10. The molecule has 0 radical (unpaired) electrons. The fourth-order valence-corrected chi connectivity index (χ4v) is 3.24. The van der Waals surface area contributed by atoms with E-state index in [1.54, 1.807) is 19.3 Å². The van der Waals surface area contributed by atoms with E-state index in [1.165, 1.54) is 4.68 Å². The molecule has 1 unspecified atom stereocenters. The molecular weight excluding hydrogens is 344 g/mol. The van der Waals surface area contributed by atoms with Gasteiger partial charge in [0.05, 0.1) is 24.9 Å². The minimum Gasteiger partial charge on any atom is -0.494 e. The lowest BCUT2D eigenvalue weighted by atomic mass is 10.1. The van der Waals surface area contributed by atoms with E-state index in [0.29, 0.717) is 25.5 Å². The van der Waals surface area contributed by atoms with Crippen LogP contribution in [0.3, 0.4) is 0 Å². The molecule has 7 nitrogen and oxygen atoms in total. The number of amides is 1. The zero-order valence-electron chi connectivity index (χ0n) is 15.9. The number of aromatic nitrogens is 2. The van der Waals surface area contributed by atoms with Gasteiger partial charge in [0.1, 0.15) is 5.75 Å². The molecular formula is C20H26N4O3. The molecule has 2 aromatic rings. The van der Waals surface area contributed by atoms with E-state index < -0.39 is 0 Å². The minimum atomic E-state index is -0.111. The highest BCUT2D eigenvalue weighted by atomic mass is 16.5. The third kappa shape index (κ3) is 5.09. The molecule has 1 aliphatic rings. The van der Waals surface area contributed by atoms with E-state index in [9.17, 15) is 9.59 Å². The first-order chi connectivity index (χ1) is 13.0. The lowest BCUT2D eigenvalue weighted by Gasteiger charge is -2.18. The van der Waals surface area contributed by atoms with E-state index in [1.807, 2.05) is 31.2 Å². The topological polar surface area (TPSA) is 76.5 Å². The largest absolute Gasteiger partial charge is 0.494 e. The first kappa shape index (κ1) is 18.9. The van der Waals surface area contributed by atoms with Crippen LogP contribution in [0.5, 0.6) is 5.75 Å². The molecule has 1 N–H and O–H groups in total. The molecule has 0 spiro atoms. The Kier molecular flexibility index (Phi) is 6.11. The number of rotatable bonds is 7. The summed E-state index contributed by atoms with van der Waals surface area (Å²) >= 11 is 0. The number of hydrogen-bond donors (Lipinski definition) is 1. The standard InChI is InChI=1S/C20H26N4O3/c1-3-27-18-6-4-15(5-7-18)10-19(25)21-12-16-8-9-24(14-16)17-11-20(26)23(2)22-13-17/h4-7,11,13,16H,3,8-10,12,14H2,1-2H3,(H,21,25). The molecule has 0 saturated carbocycles. The highest BCUT2D eigenvalue weighted by Gasteiger charge is 2.23. The van der Waals surface area contributed by atoms with Crippen molar-refractivity contribution in [3.63, 3.8) is 0 Å². The number of benzene rings is 1. The van der Waals surface area contributed by atoms with Crippen molar-refractivity contribution in [1.29, 1.82) is 0 Å². The molecule has 1 aliphatic heterocycles. The number of anilines is 1. The van der Waals surface area contributed by atoms with Gasteiger partial charge in [-0.2, -0.15) is 5.10 Å².